The van der Waals surface area contributed by atoms with Crippen molar-refractivity contribution in [3.8, 4) is 5.75 Å². The Labute approximate surface area is 143 Å². The van der Waals surface area contributed by atoms with Gasteiger partial charge in [0.25, 0.3) is 5.91 Å². The van der Waals surface area contributed by atoms with Gasteiger partial charge in [0.1, 0.15) is 17.1 Å². The maximum atomic E-state index is 13.6. The summed E-state index contributed by atoms with van der Waals surface area (Å²) in [5.74, 6) is -1.64. The summed E-state index contributed by atoms with van der Waals surface area (Å²) in [6, 6.07) is 11.0. The first kappa shape index (κ1) is 17.7. The van der Waals surface area contributed by atoms with Gasteiger partial charge in [-0.25, -0.2) is 9.18 Å². The average Bonchev–Trinajstić information content (AvgIpc) is 2.58. The van der Waals surface area contributed by atoms with Gasteiger partial charge in [-0.2, -0.15) is 0 Å². The van der Waals surface area contributed by atoms with E-state index in [2.05, 4.69) is 5.32 Å². The summed E-state index contributed by atoms with van der Waals surface area (Å²) in [7, 11) is 1.55. The number of halogens is 2. The molecule has 0 atom stereocenters. The van der Waals surface area contributed by atoms with Gasteiger partial charge in [0.05, 0.1) is 12.1 Å². The van der Waals surface area contributed by atoms with E-state index >= 15 is 0 Å². The minimum atomic E-state index is -0.991. The molecule has 0 heterocycles. The highest BCUT2D eigenvalue weighted by molar-refractivity contribution is 6.33. The Hall–Kier alpha value is -2.60. The van der Waals surface area contributed by atoms with Crippen molar-refractivity contribution in [1.29, 1.82) is 0 Å². The van der Waals surface area contributed by atoms with E-state index in [-0.39, 0.29) is 17.1 Å². The van der Waals surface area contributed by atoms with E-state index < -0.39 is 24.3 Å². The number of carbonyl (C=O) groups is 2. The molecule has 2 rings (SSSR count). The highest BCUT2D eigenvalue weighted by atomic mass is 35.5. The number of esters is 1. The number of ether oxygens (including phenoxy) is 2. The third kappa shape index (κ3) is 4.70. The van der Waals surface area contributed by atoms with Crippen LogP contribution in [0.5, 0.6) is 5.75 Å². The minimum Gasteiger partial charge on any atom is -0.497 e. The molecule has 24 heavy (non-hydrogen) atoms. The molecule has 0 aliphatic heterocycles. The Morgan fingerprint density at radius 2 is 1.96 bits per heavy atom. The first-order valence-electron chi connectivity index (χ1n) is 7.02. The fraction of sp³-hybridized carbons (Fsp3) is 0.176. The maximum absolute atomic E-state index is 13.6. The lowest BCUT2D eigenvalue weighted by Crippen LogP contribution is -2.28. The monoisotopic (exact) mass is 351 g/mol. The fourth-order valence-electron chi connectivity index (χ4n) is 1.93. The number of hydrogen-bond acceptors (Lipinski definition) is 4. The lowest BCUT2D eigenvalue weighted by molar-refractivity contribution is -0.124. The molecular weight excluding hydrogens is 337 g/mol. The summed E-state index contributed by atoms with van der Waals surface area (Å²) in [5.41, 5.74) is 0.436. The van der Waals surface area contributed by atoms with Gasteiger partial charge in [-0.05, 0) is 29.8 Å². The van der Waals surface area contributed by atoms with Crippen LogP contribution in [0.3, 0.4) is 0 Å². The van der Waals surface area contributed by atoms with Crippen LogP contribution in [0.15, 0.2) is 42.5 Å². The zero-order chi connectivity index (χ0) is 17.5. The Morgan fingerprint density at radius 1 is 1.21 bits per heavy atom. The molecule has 1 N–H and O–H groups in total. The second kappa shape index (κ2) is 8.31. The van der Waals surface area contributed by atoms with Crippen LogP contribution in [0.1, 0.15) is 15.9 Å². The van der Waals surface area contributed by atoms with E-state index in [1.54, 1.807) is 25.3 Å². The Bertz CT molecular complexity index is 731. The smallest absolute Gasteiger partial charge is 0.343 e. The van der Waals surface area contributed by atoms with Crippen LogP contribution in [-0.2, 0) is 16.1 Å². The van der Waals surface area contributed by atoms with Gasteiger partial charge in [0.2, 0.25) is 0 Å². The molecule has 7 heteroatoms. The molecule has 0 aliphatic carbocycles. The van der Waals surface area contributed by atoms with Crippen LogP contribution in [0.25, 0.3) is 0 Å². The van der Waals surface area contributed by atoms with E-state index in [1.165, 1.54) is 12.1 Å². The molecule has 2 aromatic rings. The number of benzene rings is 2. The van der Waals surface area contributed by atoms with Crippen LogP contribution >= 0.6 is 11.6 Å². The first-order valence-corrected chi connectivity index (χ1v) is 7.40. The predicted molar refractivity (Wildman–Crippen MR) is 86.5 cm³/mol. The third-order valence-corrected chi connectivity index (χ3v) is 3.44. The lowest BCUT2D eigenvalue weighted by atomic mass is 10.2. The van der Waals surface area contributed by atoms with Crippen molar-refractivity contribution in [3.63, 3.8) is 0 Å². The second-order valence-corrected chi connectivity index (χ2v) is 5.21. The third-order valence-electron chi connectivity index (χ3n) is 3.13. The molecule has 5 nitrogen and oxygen atoms in total. The van der Waals surface area contributed by atoms with Gasteiger partial charge in [0.15, 0.2) is 6.61 Å². The van der Waals surface area contributed by atoms with Gasteiger partial charge in [-0.1, -0.05) is 29.8 Å². The maximum Gasteiger partial charge on any atom is 0.343 e. The van der Waals surface area contributed by atoms with Crippen molar-refractivity contribution in [2.45, 2.75) is 6.54 Å². The fourth-order valence-corrected chi connectivity index (χ4v) is 2.17. The van der Waals surface area contributed by atoms with Gasteiger partial charge in [-0.3, -0.25) is 4.79 Å². The van der Waals surface area contributed by atoms with Gasteiger partial charge in [0, 0.05) is 6.54 Å². The predicted octanol–water partition coefficient (Wildman–Crippen LogP) is 2.96. The molecule has 0 aliphatic rings. The molecule has 0 bridgehead atoms. The molecule has 0 fully saturated rings. The number of amides is 1. The number of hydrogen-bond donors (Lipinski definition) is 1. The SMILES string of the molecule is COc1cccc(CNC(=O)COC(=O)c2c(F)cccc2Cl)c1. The topological polar surface area (TPSA) is 64.6 Å². The summed E-state index contributed by atoms with van der Waals surface area (Å²) in [4.78, 5) is 23.5. The molecule has 0 unspecified atom stereocenters. The minimum absolute atomic E-state index is 0.0724. The Morgan fingerprint density at radius 3 is 2.67 bits per heavy atom. The van der Waals surface area contributed by atoms with Crippen LogP contribution in [0.4, 0.5) is 4.39 Å². The highest BCUT2D eigenvalue weighted by Gasteiger charge is 2.18. The van der Waals surface area contributed by atoms with Crippen molar-refractivity contribution in [2.24, 2.45) is 0 Å². The van der Waals surface area contributed by atoms with Gasteiger partial charge >= 0.3 is 5.97 Å². The standard InChI is InChI=1S/C17H15ClFNO4/c1-23-12-5-2-4-11(8-12)9-20-15(21)10-24-17(22)16-13(18)6-3-7-14(16)19/h2-8H,9-10H2,1H3,(H,20,21). The molecule has 126 valence electrons. The van der Waals surface area contributed by atoms with Crippen LogP contribution in [0.2, 0.25) is 5.02 Å². The van der Waals surface area contributed by atoms with Crippen molar-refractivity contribution in [3.05, 3.63) is 64.4 Å². The molecule has 2 aromatic carbocycles. The molecule has 0 radical (unpaired) electrons. The van der Waals surface area contributed by atoms with E-state index in [4.69, 9.17) is 21.1 Å². The lowest BCUT2D eigenvalue weighted by Gasteiger charge is -2.09. The van der Waals surface area contributed by atoms with Crippen molar-refractivity contribution in [1.82, 2.24) is 5.32 Å². The van der Waals surface area contributed by atoms with E-state index in [9.17, 15) is 14.0 Å². The van der Waals surface area contributed by atoms with Gasteiger partial charge < -0.3 is 14.8 Å². The second-order valence-electron chi connectivity index (χ2n) is 4.80. The van der Waals surface area contributed by atoms with E-state index in [1.807, 2.05) is 6.07 Å². The summed E-state index contributed by atoms with van der Waals surface area (Å²) in [6.45, 7) is -0.290. The Kier molecular flexibility index (Phi) is 6.14. The average molecular weight is 352 g/mol. The van der Waals surface area contributed by atoms with Crippen molar-refractivity contribution in [2.75, 3.05) is 13.7 Å². The number of rotatable bonds is 6. The van der Waals surface area contributed by atoms with Crippen molar-refractivity contribution >= 4 is 23.5 Å². The summed E-state index contributed by atoms with van der Waals surface area (Å²) in [5, 5.41) is 2.52. The summed E-state index contributed by atoms with van der Waals surface area (Å²) in [6.07, 6.45) is 0. The molecule has 1 amide bonds. The molecule has 0 spiro atoms. The molecule has 0 saturated heterocycles. The molecular formula is C17H15ClFNO4. The zero-order valence-electron chi connectivity index (χ0n) is 12.8. The zero-order valence-corrected chi connectivity index (χ0v) is 13.6. The quantitative estimate of drug-likeness (QED) is 0.813. The number of methoxy groups -OCH3 is 1. The number of carbonyl (C=O) groups excluding carboxylic acids is 2. The molecule has 0 saturated carbocycles. The van der Waals surface area contributed by atoms with E-state index in [0.29, 0.717) is 5.75 Å². The van der Waals surface area contributed by atoms with E-state index in [0.717, 1.165) is 11.6 Å². The normalized spacial score (nSPS) is 10.1. The first-order chi connectivity index (χ1) is 11.5. The van der Waals surface area contributed by atoms with Crippen LogP contribution < -0.4 is 10.1 Å². The molecule has 0 aromatic heterocycles. The summed E-state index contributed by atoms with van der Waals surface area (Å²) >= 11 is 5.76. The number of nitrogens with one attached hydrogen (secondary N) is 1. The van der Waals surface area contributed by atoms with Gasteiger partial charge in [-0.15, -0.1) is 0 Å². The van der Waals surface area contributed by atoms with Crippen LogP contribution in [-0.4, -0.2) is 25.6 Å². The summed E-state index contributed by atoms with van der Waals surface area (Å²) < 4.78 is 23.4. The van der Waals surface area contributed by atoms with Crippen molar-refractivity contribution < 1.29 is 23.5 Å². The highest BCUT2D eigenvalue weighted by Crippen LogP contribution is 2.19. The van der Waals surface area contributed by atoms with Crippen LogP contribution in [0, 0.1) is 5.82 Å². The largest absolute Gasteiger partial charge is 0.497 e. The Balaban J connectivity index is 1.85.